The molecule has 1 heterocycles. The summed E-state index contributed by atoms with van der Waals surface area (Å²) in [5.41, 5.74) is 3.19. The van der Waals surface area contributed by atoms with Gasteiger partial charge in [-0.15, -0.1) is 0 Å². The highest BCUT2D eigenvalue weighted by Crippen LogP contribution is 2.29. The zero-order valence-electron chi connectivity index (χ0n) is 8.77. The quantitative estimate of drug-likeness (QED) is 0.747. The van der Waals surface area contributed by atoms with Gasteiger partial charge in [-0.2, -0.15) is 0 Å². The summed E-state index contributed by atoms with van der Waals surface area (Å²) < 4.78 is 5.30. The molecule has 0 N–H and O–H groups in total. The van der Waals surface area contributed by atoms with Crippen molar-refractivity contribution in [2.24, 2.45) is 0 Å². The van der Waals surface area contributed by atoms with Gasteiger partial charge in [0.2, 0.25) is 0 Å². The number of aromatic nitrogens is 2. The van der Waals surface area contributed by atoms with Crippen molar-refractivity contribution in [2.45, 2.75) is 6.92 Å². The van der Waals surface area contributed by atoms with Crippen LogP contribution in [0.3, 0.4) is 0 Å². The molecule has 0 aliphatic rings. The topological polar surface area (TPSA) is 35.0 Å². The molecule has 3 heteroatoms. The highest BCUT2D eigenvalue weighted by Gasteiger charge is 2.05. The van der Waals surface area contributed by atoms with Gasteiger partial charge in [0.1, 0.15) is 12.1 Å². The maximum absolute atomic E-state index is 5.30. The molecule has 1 aromatic heterocycles. The van der Waals surface area contributed by atoms with E-state index in [4.69, 9.17) is 4.74 Å². The first-order valence-electron chi connectivity index (χ1n) is 4.71. The molecule has 0 saturated heterocycles. The predicted octanol–water partition coefficient (Wildman–Crippen LogP) is 2.46. The second-order valence-corrected chi connectivity index (χ2v) is 3.33. The lowest BCUT2D eigenvalue weighted by Crippen LogP contribution is -1.90. The molecule has 0 amide bonds. The third kappa shape index (κ3) is 1.96. The van der Waals surface area contributed by atoms with Gasteiger partial charge in [0, 0.05) is 23.5 Å². The first kappa shape index (κ1) is 9.65. The highest BCUT2D eigenvalue weighted by molar-refractivity contribution is 5.69. The smallest absolute Gasteiger partial charge is 0.126 e. The summed E-state index contributed by atoms with van der Waals surface area (Å²) in [5, 5.41) is 0. The van der Waals surface area contributed by atoms with E-state index in [0.29, 0.717) is 0 Å². The van der Waals surface area contributed by atoms with Gasteiger partial charge in [0.25, 0.3) is 0 Å². The predicted molar refractivity (Wildman–Crippen MR) is 58.8 cm³/mol. The molecular weight excluding hydrogens is 188 g/mol. The summed E-state index contributed by atoms with van der Waals surface area (Å²) in [4.78, 5) is 8.00. The fourth-order valence-electron chi connectivity index (χ4n) is 1.49. The molecule has 0 aliphatic carbocycles. The lowest BCUT2D eigenvalue weighted by Gasteiger charge is -2.08. The molecule has 1 aromatic carbocycles. The van der Waals surface area contributed by atoms with Gasteiger partial charge in [0.15, 0.2) is 0 Å². The summed E-state index contributed by atoms with van der Waals surface area (Å²) in [6.45, 7) is 2.05. The molecule has 0 unspecified atom stereocenters. The van der Waals surface area contributed by atoms with E-state index in [9.17, 15) is 0 Å². The van der Waals surface area contributed by atoms with Crippen molar-refractivity contribution in [1.82, 2.24) is 9.97 Å². The van der Waals surface area contributed by atoms with E-state index in [1.165, 1.54) is 11.9 Å². The van der Waals surface area contributed by atoms with Crippen molar-refractivity contribution in [3.05, 3.63) is 42.5 Å². The van der Waals surface area contributed by atoms with Crippen molar-refractivity contribution in [3.63, 3.8) is 0 Å². The van der Waals surface area contributed by atoms with Gasteiger partial charge in [-0.25, -0.2) is 9.97 Å². The molecule has 0 bridgehead atoms. The SMILES string of the molecule is COc1ccc(C)cc1-c1cncnc1. The zero-order chi connectivity index (χ0) is 10.7. The van der Waals surface area contributed by atoms with Crippen LogP contribution in [0.1, 0.15) is 5.56 Å². The number of aryl methyl sites for hydroxylation is 1. The Morgan fingerprint density at radius 3 is 2.53 bits per heavy atom. The molecule has 2 aromatic rings. The van der Waals surface area contributed by atoms with Crippen LogP contribution in [-0.4, -0.2) is 17.1 Å². The van der Waals surface area contributed by atoms with Crippen molar-refractivity contribution in [1.29, 1.82) is 0 Å². The Morgan fingerprint density at radius 1 is 1.13 bits per heavy atom. The Hall–Kier alpha value is -1.90. The van der Waals surface area contributed by atoms with Crippen LogP contribution < -0.4 is 4.74 Å². The van der Waals surface area contributed by atoms with E-state index >= 15 is 0 Å². The Balaban J connectivity index is 2.56. The Bertz CT molecular complexity index is 454. The molecule has 0 radical (unpaired) electrons. The summed E-state index contributed by atoms with van der Waals surface area (Å²) >= 11 is 0. The minimum atomic E-state index is 0.843. The Labute approximate surface area is 88.8 Å². The summed E-state index contributed by atoms with van der Waals surface area (Å²) in [5.74, 6) is 0.843. The third-order valence-corrected chi connectivity index (χ3v) is 2.23. The Morgan fingerprint density at radius 2 is 1.87 bits per heavy atom. The first-order valence-corrected chi connectivity index (χ1v) is 4.71. The lowest BCUT2D eigenvalue weighted by molar-refractivity contribution is 0.416. The van der Waals surface area contributed by atoms with Crippen LogP contribution in [0.5, 0.6) is 5.75 Å². The maximum atomic E-state index is 5.30. The third-order valence-electron chi connectivity index (χ3n) is 2.23. The number of methoxy groups -OCH3 is 1. The van der Waals surface area contributed by atoms with Crippen LogP contribution >= 0.6 is 0 Å². The number of hydrogen-bond donors (Lipinski definition) is 0. The fraction of sp³-hybridized carbons (Fsp3) is 0.167. The van der Waals surface area contributed by atoms with Gasteiger partial charge >= 0.3 is 0 Å². The van der Waals surface area contributed by atoms with Crippen molar-refractivity contribution in [3.8, 4) is 16.9 Å². The molecular formula is C12H12N2O. The summed E-state index contributed by atoms with van der Waals surface area (Å²) in [6.07, 6.45) is 5.08. The van der Waals surface area contributed by atoms with E-state index in [-0.39, 0.29) is 0 Å². The van der Waals surface area contributed by atoms with Gasteiger partial charge in [0.05, 0.1) is 7.11 Å². The van der Waals surface area contributed by atoms with Gasteiger partial charge < -0.3 is 4.74 Å². The highest BCUT2D eigenvalue weighted by atomic mass is 16.5. The number of rotatable bonds is 2. The average Bonchev–Trinajstić information content (AvgIpc) is 2.30. The summed E-state index contributed by atoms with van der Waals surface area (Å²) in [6, 6.07) is 6.04. The molecule has 0 atom stereocenters. The molecule has 0 spiro atoms. The van der Waals surface area contributed by atoms with Crippen LogP contribution in [0.2, 0.25) is 0 Å². The van der Waals surface area contributed by atoms with Crippen LogP contribution in [0, 0.1) is 6.92 Å². The molecule has 15 heavy (non-hydrogen) atoms. The van der Waals surface area contributed by atoms with Crippen molar-refractivity contribution in [2.75, 3.05) is 7.11 Å². The maximum Gasteiger partial charge on any atom is 0.126 e. The number of benzene rings is 1. The second-order valence-electron chi connectivity index (χ2n) is 3.33. The van der Waals surface area contributed by atoms with E-state index in [1.54, 1.807) is 19.5 Å². The van der Waals surface area contributed by atoms with Crippen LogP contribution in [0.4, 0.5) is 0 Å². The van der Waals surface area contributed by atoms with E-state index in [2.05, 4.69) is 16.0 Å². The second kappa shape index (κ2) is 4.09. The zero-order valence-corrected chi connectivity index (χ0v) is 8.77. The van der Waals surface area contributed by atoms with Crippen LogP contribution in [0.15, 0.2) is 36.9 Å². The van der Waals surface area contributed by atoms with Gasteiger partial charge in [-0.3, -0.25) is 0 Å². The van der Waals surface area contributed by atoms with E-state index in [1.807, 2.05) is 19.1 Å². The standard InChI is InChI=1S/C12H12N2O/c1-9-3-4-12(15-2)11(5-9)10-6-13-8-14-7-10/h3-8H,1-2H3. The molecule has 0 fully saturated rings. The fourth-order valence-corrected chi connectivity index (χ4v) is 1.49. The minimum Gasteiger partial charge on any atom is -0.496 e. The molecule has 76 valence electrons. The largest absolute Gasteiger partial charge is 0.496 e. The normalized spacial score (nSPS) is 10.0. The summed E-state index contributed by atoms with van der Waals surface area (Å²) in [7, 11) is 1.66. The van der Waals surface area contributed by atoms with Gasteiger partial charge in [-0.05, 0) is 19.1 Å². The lowest BCUT2D eigenvalue weighted by atomic mass is 10.1. The van der Waals surface area contributed by atoms with E-state index < -0.39 is 0 Å². The van der Waals surface area contributed by atoms with E-state index in [0.717, 1.165) is 16.9 Å². The Kier molecular flexibility index (Phi) is 2.63. The van der Waals surface area contributed by atoms with Crippen LogP contribution in [-0.2, 0) is 0 Å². The number of ether oxygens (including phenoxy) is 1. The van der Waals surface area contributed by atoms with Crippen LogP contribution in [0.25, 0.3) is 11.1 Å². The molecule has 3 nitrogen and oxygen atoms in total. The monoisotopic (exact) mass is 200 g/mol. The minimum absolute atomic E-state index is 0.843. The molecule has 0 saturated carbocycles. The first-order chi connectivity index (χ1) is 7.31. The van der Waals surface area contributed by atoms with Gasteiger partial charge in [-0.1, -0.05) is 11.6 Å². The van der Waals surface area contributed by atoms with Crippen molar-refractivity contribution >= 4 is 0 Å². The number of nitrogens with zero attached hydrogens (tertiary/aromatic N) is 2. The van der Waals surface area contributed by atoms with Crippen molar-refractivity contribution < 1.29 is 4.74 Å². The average molecular weight is 200 g/mol. The number of hydrogen-bond acceptors (Lipinski definition) is 3. The molecule has 2 rings (SSSR count). The molecule has 0 aliphatic heterocycles.